The Kier molecular flexibility index (Phi) is 6.76. The van der Waals surface area contributed by atoms with E-state index in [9.17, 15) is 0 Å². The molecular formula is C51H29N3OS. The van der Waals surface area contributed by atoms with Gasteiger partial charge in [-0.05, 0) is 74.5 Å². The van der Waals surface area contributed by atoms with Gasteiger partial charge in [-0.2, -0.15) is 0 Å². The summed E-state index contributed by atoms with van der Waals surface area (Å²) >= 11 is 1.85. The summed E-state index contributed by atoms with van der Waals surface area (Å²) in [6.07, 6.45) is 0. The molecule has 0 radical (unpaired) electrons. The highest BCUT2D eigenvalue weighted by Crippen LogP contribution is 2.45. The third kappa shape index (κ3) is 4.81. The number of furan rings is 1. The molecule has 4 nitrogen and oxygen atoms in total. The number of fused-ring (bicyclic) bond motifs is 10. The smallest absolute Gasteiger partial charge is 0.164 e. The van der Waals surface area contributed by atoms with Crippen LogP contribution in [0.3, 0.4) is 0 Å². The maximum atomic E-state index is 6.79. The average Bonchev–Trinajstić information content (AvgIpc) is 3.83. The first-order chi connectivity index (χ1) is 27.7. The van der Waals surface area contributed by atoms with E-state index in [4.69, 9.17) is 19.4 Å². The van der Waals surface area contributed by atoms with Gasteiger partial charge in [-0.25, -0.2) is 15.0 Å². The minimum absolute atomic E-state index is 0.600. The number of thiophene rings is 1. The average molecular weight is 732 g/mol. The largest absolute Gasteiger partial charge is 0.455 e. The first-order valence-corrected chi connectivity index (χ1v) is 19.6. The van der Waals surface area contributed by atoms with Gasteiger partial charge in [0.15, 0.2) is 17.5 Å². The lowest BCUT2D eigenvalue weighted by Gasteiger charge is -2.11. The van der Waals surface area contributed by atoms with E-state index in [-0.39, 0.29) is 0 Å². The van der Waals surface area contributed by atoms with E-state index >= 15 is 0 Å². The van der Waals surface area contributed by atoms with Crippen LogP contribution in [0.25, 0.3) is 120 Å². The van der Waals surface area contributed by atoms with Crippen LogP contribution < -0.4 is 0 Å². The van der Waals surface area contributed by atoms with Gasteiger partial charge in [-0.1, -0.05) is 140 Å². The van der Waals surface area contributed by atoms with E-state index in [0.717, 1.165) is 65.7 Å². The zero-order chi connectivity index (χ0) is 36.7. The van der Waals surface area contributed by atoms with E-state index < -0.39 is 0 Å². The van der Waals surface area contributed by atoms with Crippen LogP contribution in [-0.4, -0.2) is 15.0 Å². The summed E-state index contributed by atoms with van der Waals surface area (Å²) in [7, 11) is 0. The second-order valence-electron chi connectivity index (χ2n) is 14.3. The third-order valence-corrected chi connectivity index (χ3v) is 12.2. The molecule has 12 aromatic rings. The molecular weight excluding hydrogens is 703 g/mol. The Morgan fingerprint density at radius 1 is 0.357 bits per heavy atom. The first-order valence-electron chi connectivity index (χ1n) is 18.8. The van der Waals surface area contributed by atoms with Crippen molar-refractivity contribution in [1.29, 1.82) is 0 Å². The quantitative estimate of drug-likeness (QED) is 0.181. The van der Waals surface area contributed by atoms with Gasteiger partial charge in [0.05, 0.1) is 0 Å². The number of hydrogen-bond donors (Lipinski definition) is 0. The molecule has 0 aliphatic rings. The maximum Gasteiger partial charge on any atom is 0.164 e. The number of aromatic nitrogens is 3. The van der Waals surface area contributed by atoms with Gasteiger partial charge in [0, 0.05) is 53.0 Å². The monoisotopic (exact) mass is 731 g/mol. The van der Waals surface area contributed by atoms with Crippen molar-refractivity contribution in [3.63, 3.8) is 0 Å². The zero-order valence-corrected chi connectivity index (χ0v) is 30.7. The van der Waals surface area contributed by atoms with Crippen LogP contribution in [0.2, 0.25) is 0 Å². The van der Waals surface area contributed by atoms with Crippen molar-refractivity contribution in [2.24, 2.45) is 0 Å². The number of hydrogen-bond acceptors (Lipinski definition) is 5. The van der Waals surface area contributed by atoms with Gasteiger partial charge in [-0.15, -0.1) is 11.3 Å². The molecule has 260 valence electrons. The Balaban J connectivity index is 1.12. The Labute approximate surface area is 325 Å². The van der Waals surface area contributed by atoms with Crippen LogP contribution in [0.1, 0.15) is 0 Å². The SMILES string of the molecule is c1ccc(-c2nc(-c3cccc4ccccc34)nc(-c3cccc4oc5c6ccccc6c(-c6ccc7sc8cc9ccccc9cc8c7c6)cc5c34)n2)cc1. The molecule has 0 fully saturated rings. The molecule has 0 aliphatic carbocycles. The summed E-state index contributed by atoms with van der Waals surface area (Å²) in [6, 6.07) is 62.1. The second kappa shape index (κ2) is 12.2. The van der Waals surface area contributed by atoms with Crippen molar-refractivity contribution >= 4 is 85.8 Å². The topological polar surface area (TPSA) is 51.8 Å². The van der Waals surface area contributed by atoms with Crippen molar-refractivity contribution in [2.45, 2.75) is 0 Å². The van der Waals surface area contributed by atoms with Crippen LogP contribution in [-0.2, 0) is 0 Å². The molecule has 0 unspecified atom stereocenters. The molecule has 0 saturated carbocycles. The summed E-state index contributed by atoms with van der Waals surface area (Å²) in [5.74, 6) is 1.85. The van der Waals surface area contributed by atoms with Crippen molar-refractivity contribution in [2.75, 3.05) is 0 Å². The molecule has 0 atom stereocenters. The standard InChI is InChI=1S/C51H29N3OS/c1-2-13-31(14-3-1)49-52-50(38-21-10-17-30-12-6-7-18-35(30)38)54-51(53-49)39-22-11-23-44-47(39)43-29-40(36-19-8-9-20-37(36)48(43)55-44)34-24-25-45-41(27-34)42-26-32-15-4-5-16-33(32)28-46(42)56-45/h1-29H. The molecule has 0 bridgehead atoms. The van der Waals surface area contributed by atoms with Gasteiger partial charge in [0.1, 0.15) is 11.2 Å². The lowest BCUT2D eigenvalue weighted by atomic mass is 9.93. The van der Waals surface area contributed by atoms with Crippen molar-refractivity contribution in [3.8, 4) is 45.3 Å². The van der Waals surface area contributed by atoms with Crippen molar-refractivity contribution in [3.05, 3.63) is 176 Å². The van der Waals surface area contributed by atoms with Crippen molar-refractivity contribution < 1.29 is 4.42 Å². The fourth-order valence-corrected chi connectivity index (χ4v) is 9.57. The van der Waals surface area contributed by atoms with Crippen LogP contribution >= 0.6 is 11.3 Å². The molecule has 0 aliphatic heterocycles. The summed E-state index contributed by atoms with van der Waals surface area (Å²) < 4.78 is 9.38. The maximum absolute atomic E-state index is 6.79. The van der Waals surface area contributed by atoms with E-state index in [1.165, 1.54) is 36.5 Å². The number of rotatable bonds is 4. The summed E-state index contributed by atoms with van der Waals surface area (Å²) in [5.41, 5.74) is 6.76. The van der Waals surface area contributed by atoms with E-state index in [1.807, 2.05) is 53.8 Å². The minimum Gasteiger partial charge on any atom is -0.455 e. The number of nitrogens with zero attached hydrogens (tertiary/aromatic N) is 3. The van der Waals surface area contributed by atoms with E-state index in [0.29, 0.717) is 17.5 Å². The van der Waals surface area contributed by atoms with Gasteiger partial charge < -0.3 is 4.42 Å². The van der Waals surface area contributed by atoms with Gasteiger partial charge in [-0.3, -0.25) is 0 Å². The third-order valence-electron chi connectivity index (χ3n) is 11.1. The minimum atomic E-state index is 0.600. The first kappa shape index (κ1) is 31.2. The highest BCUT2D eigenvalue weighted by Gasteiger charge is 2.21. The second-order valence-corrected chi connectivity index (χ2v) is 15.4. The predicted molar refractivity (Wildman–Crippen MR) is 234 cm³/mol. The molecule has 0 saturated heterocycles. The zero-order valence-electron chi connectivity index (χ0n) is 29.9. The van der Waals surface area contributed by atoms with Gasteiger partial charge in [0.25, 0.3) is 0 Å². The molecule has 0 amide bonds. The lowest BCUT2D eigenvalue weighted by molar-refractivity contribution is 0.673. The van der Waals surface area contributed by atoms with Gasteiger partial charge in [0.2, 0.25) is 0 Å². The number of benzene rings is 9. The Morgan fingerprint density at radius 3 is 1.86 bits per heavy atom. The lowest BCUT2D eigenvalue weighted by Crippen LogP contribution is -2.00. The summed E-state index contributed by atoms with van der Waals surface area (Å²) in [4.78, 5) is 15.5. The van der Waals surface area contributed by atoms with Crippen LogP contribution in [0.5, 0.6) is 0 Å². The Hall–Kier alpha value is -7.21. The normalized spacial score (nSPS) is 11.9. The molecule has 0 spiro atoms. The highest BCUT2D eigenvalue weighted by molar-refractivity contribution is 7.25. The molecule has 56 heavy (non-hydrogen) atoms. The molecule has 5 heteroatoms. The van der Waals surface area contributed by atoms with Crippen molar-refractivity contribution in [1.82, 2.24) is 15.0 Å². The fraction of sp³-hybridized carbons (Fsp3) is 0. The summed E-state index contributed by atoms with van der Waals surface area (Å²) in [6.45, 7) is 0. The highest BCUT2D eigenvalue weighted by atomic mass is 32.1. The van der Waals surface area contributed by atoms with Crippen LogP contribution in [0.4, 0.5) is 0 Å². The fourth-order valence-electron chi connectivity index (χ4n) is 8.46. The van der Waals surface area contributed by atoms with Crippen LogP contribution in [0.15, 0.2) is 180 Å². The van der Waals surface area contributed by atoms with Crippen LogP contribution in [0, 0.1) is 0 Å². The molecule has 9 aromatic carbocycles. The predicted octanol–water partition coefficient (Wildman–Crippen LogP) is 14.3. The van der Waals surface area contributed by atoms with E-state index in [1.54, 1.807) is 0 Å². The Morgan fingerprint density at radius 2 is 1.00 bits per heavy atom. The van der Waals surface area contributed by atoms with Gasteiger partial charge >= 0.3 is 0 Å². The Bertz CT molecular complexity index is 3540. The van der Waals surface area contributed by atoms with E-state index in [2.05, 4.69) is 133 Å². The molecule has 3 heterocycles. The summed E-state index contributed by atoms with van der Waals surface area (Å²) in [5, 5.41) is 11.5. The molecule has 3 aromatic heterocycles. The molecule has 12 rings (SSSR count). The molecule has 0 N–H and O–H groups in total.